The van der Waals surface area contributed by atoms with E-state index in [9.17, 15) is 14.0 Å². The Morgan fingerprint density at radius 3 is 2.24 bits per heavy atom. The third-order valence-electron chi connectivity index (χ3n) is 6.25. The van der Waals surface area contributed by atoms with Gasteiger partial charge in [-0.05, 0) is 42.2 Å². The van der Waals surface area contributed by atoms with Crippen LogP contribution < -0.4 is 16.2 Å². The Labute approximate surface area is 215 Å². The highest BCUT2D eigenvalue weighted by Crippen LogP contribution is 2.28. The molecule has 0 aliphatic rings. The van der Waals surface area contributed by atoms with Gasteiger partial charge < -0.3 is 10.6 Å². The molecule has 4 aromatic rings. The third-order valence-corrected chi connectivity index (χ3v) is 6.25. The number of nitrogens with zero attached hydrogens (tertiary/aromatic N) is 4. The third kappa shape index (κ3) is 5.61. The van der Waals surface area contributed by atoms with Crippen LogP contribution >= 0.6 is 0 Å². The Kier molecular flexibility index (Phi) is 6.98. The highest BCUT2D eigenvalue weighted by atomic mass is 19.1. The molecule has 192 valence electrons. The van der Waals surface area contributed by atoms with Crippen LogP contribution in [0.2, 0.25) is 0 Å². The molecule has 0 saturated carbocycles. The van der Waals surface area contributed by atoms with Crippen LogP contribution in [0.15, 0.2) is 59.4 Å². The van der Waals surface area contributed by atoms with E-state index in [0.29, 0.717) is 39.6 Å². The standard InChI is InChI=1S/C28H31FN6O2/c1-17-13-25(33-34(17)5)30-24-15-23(32-35(6)27(24)37)19-7-8-20(16-29)22(14-19)31-26(36)18-9-11-21(12-10-18)28(2,3)4/h7-15H,16H2,1-6H3,(H,30,33)(H,31,36). The fourth-order valence-corrected chi connectivity index (χ4v) is 3.88. The number of rotatable bonds is 6. The van der Waals surface area contributed by atoms with Crippen LogP contribution in [-0.2, 0) is 26.2 Å². The van der Waals surface area contributed by atoms with E-state index in [0.717, 1.165) is 11.3 Å². The quantitative estimate of drug-likeness (QED) is 0.376. The molecular weight excluding hydrogens is 471 g/mol. The zero-order valence-corrected chi connectivity index (χ0v) is 21.9. The molecule has 37 heavy (non-hydrogen) atoms. The van der Waals surface area contributed by atoms with Crippen LogP contribution in [0.1, 0.15) is 48.0 Å². The summed E-state index contributed by atoms with van der Waals surface area (Å²) < 4.78 is 16.7. The normalized spacial score (nSPS) is 11.4. The van der Waals surface area contributed by atoms with Crippen LogP contribution in [0.25, 0.3) is 11.3 Å². The molecule has 0 unspecified atom stereocenters. The van der Waals surface area contributed by atoms with E-state index in [4.69, 9.17) is 0 Å². The molecule has 0 atom stereocenters. The largest absolute Gasteiger partial charge is 0.334 e. The summed E-state index contributed by atoms with van der Waals surface area (Å²) in [4.78, 5) is 25.7. The second kappa shape index (κ2) is 10.0. The molecule has 2 N–H and O–H groups in total. The van der Waals surface area contributed by atoms with Gasteiger partial charge in [0.15, 0.2) is 5.82 Å². The second-order valence-corrected chi connectivity index (χ2v) is 10.1. The lowest BCUT2D eigenvalue weighted by Crippen LogP contribution is -2.22. The van der Waals surface area contributed by atoms with Gasteiger partial charge in [-0.3, -0.25) is 14.3 Å². The number of nitrogens with one attached hydrogen (secondary N) is 2. The minimum atomic E-state index is -0.745. The summed E-state index contributed by atoms with van der Waals surface area (Å²) in [6, 6.07) is 15.8. The Balaban J connectivity index is 1.65. The smallest absolute Gasteiger partial charge is 0.290 e. The fourth-order valence-electron chi connectivity index (χ4n) is 3.88. The zero-order chi connectivity index (χ0) is 26.9. The van der Waals surface area contributed by atoms with E-state index in [-0.39, 0.29) is 16.9 Å². The van der Waals surface area contributed by atoms with Crippen LogP contribution in [0.5, 0.6) is 0 Å². The van der Waals surface area contributed by atoms with Gasteiger partial charge in [-0.1, -0.05) is 45.0 Å². The van der Waals surface area contributed by atoms with Gasteiger partial charge in [0.1, 0.15) is 12.4 Å². The molecule has 0 aliphatic heterocycles. The number of anilines is 3. The van der Waals surface area contributed by atoms with Gasteiger partial charge in [0.25, 0.3) is 11.5 Å². The number of amides is 1. The van der Waals surface area contributed by atoms with E-state index >= 15 is 0 Å². The van der Waals surface area contributed by atoms with Crippen molar-refractivity contribution in [2.45, 2.75) is 39.8 Å². The number of hydrogen-bond acceptors (Lipinski definition) is 5. The summed E-state index contributed by atoms with van der Waals surface area (Å²) in [6.07, 6.45) is 0. The molecule has 0 saturated heterocycles. The summed E-state index contributed by atoms with van der Waals surface area (Å²) in [5.74, 6) is 0.195. The molecule has 2 aromatic heterocycles. The molecule has 2 aromatic carbocycles. The second-order valence-electron chi connectivity index (χ2n) is 10.1. The van der Waals surface area contributed by atoms with Crippen LogP contribution in [0.3, 0.4) is 0 Å². The number of aryl methyl sites for hydroxylation is 3. The highest BCUT2D eigenvalue weighted by Gasteiger charge is 2.16. The van der Waals surface area contributed by atoms with Crippen molar-refractivity contribution in [3.8, 4) is 11.3 Å². The highest BCUT2D eigenvalue weighted by molar-refractivity contribution is 6.05. The number of alkyl halides is 1. The van der Waals surface area contributed by atoms with Gasteiger partial charge in [-0.25, -0.2) is 9.07 Å². The van der Waals surface area contributed by atoms with Gasteiger partial charge in [0.05, 0.1) is 5.69 Å². The Hall–Kier alpha value is -4.27. The molecule has 1 amide bonds. The number of carbonyl (C=O) groups excluding carboxylic acids is 1. The number of aromatic nitrogens is 4. The van der Waals surface area contributed by atoms with Crippen LogP contribution in [-0.4, -0.2) is 25.5 Å². The van der Waals surface area contributed by atoms with Crippen LogP contribution in [0.4, 0.5) is 21.6 Å². The first-order valence-electron chi connectivity index (χ1n) is 11.9. The first-order valence-corrected chi connectivity index (χ1v) is 11.9. The maximum Gasteiger partial charge on any atom is 0.290 e. The van der Waals surface area contributed by atoms with E-state index in [2.05, 4.69) is 41.6 Å². The maximum absolute atomic E-state index is 13.8. The van der Waals surface area contributed by atoms with Crippen molar-refractivity contribution in [3.63, 3.8) is 0 Å². The average Bonchev–Trinajstić information content (AvgIpc) is 3.17. The molecule has 0 fully saturated rings. The van der Waals surface area contributed by atoms with Crippen molar-refractivity contribution in [1.29, 1.82) is 0 Å². The summed E-state index contributed by atoms with van der Waals surface area (Å²) in [7, 11) is 3.37. The number of hydrogen-bond donors (Lipinski definition) is 2. The number of benzene rings is 2. The molecule has 8 nitrogen and oxygen atoms in total. The minimum absolute atomic E-state index is 0.0311. The summed E-state index contributed by atoms with van der Waals surface area (Å²) in [5, 5.41) is 14.6. The number of carbonyl (C=O) groups is 1. The average molecular weight is 503 g/mol. The van der Waals surface area contributed by atoms with E-state index in [1.54, 1.807) is 48.1 Å². The summed E-state index contributed by atoms with van der Waals surface area (Å²) in [5.41, 5.74) is 4.25. The molecule has 0 spiro atoms. The van der Waals surface area contributed by atoms with Gasteiger partial charge >= 0.3 is 0 Å². The Morgan fingerprint density at radius 2 is 1.65 bits per heavy atom. The number of halogens is 1. The van der Waals surface area contributed by atoms with E-state index in [1.807, 2.05) is 32.2 Å². The van der Waals surface area contributed by atoms with Gasteiger partial charge in [0, 0.05) is 48.2 Å². The maximum atomic E-state index is 13.8. The predicted molar refractivity (Wildman–Crippen MR) is 144 cm³/mol. The SMILES string of the molecule is Cc1cc(Nc2cc(-c3ccc(CF)c(NC(=O)c4ccc(C(C)(C)C)cc4)c3)nn(C)c2=O)nn1C. The lowest BCUT2D eigenvalue weighted by molar-refractivity contribution is 0.102. The first kappa shape index (κ1) is 25.8. The van der Waals surface area contributed by atoms with Crippen molar-refractivity contribution in [1.82, 2.24) is 19.6 Å². The Bertz CT molecular complexity index is 1490. The Morgan fingerprint density at radius 1 is 0.946 bits per heavy atom. The molecule has 0 aliphatic carbocycles. The van der Waals surface area contributed by atoms with E-state index in [1.165, 1.54) is 4.68 Å². The minimum Gasteiger partial charge on any atom is -0.334 e. The van der Waals surface area contributed by atoms with Crippen molar-refractivity contribution in [2.75, 3.05) is 10.6 Å². The lowest BCUT2D eigenvalue weighted by Gasteiger charge is -2.19. The summed E-state index contributed by atoms with van der Waals surface area (Å²) >= 11 is 0. The van der Waals surface area contributed by atoms with Crippen molar-refractivity contribution in [2.24, 2.45) is 14.1 Å². The molecule has 0 bridgehead atoms. The molecule has 2 heterocycles. The molecule has 0 radical (unpaired) electrons. The lowest BCUT2D eigenvalue weighted by atomic mass is 9.86. The predicted octanol–water partition coefficient (Wildman–Crippen LogP) is 5.25. The van der Waals surface area contributed by atoms with Crippen LogP contribution in [0, 0.1) is 6.92 Å². The molecular formula is C28H31FN6O2. The first-order chi connectivity index (χ1) is 17.5. The fraction of sp³-hybridized carbons (Fsp3) is 0.286. The zero-order valence-electron chi connectivity index (χ0n) is 21.9. The topological polar surface area (TPSA) is 93.8 Å². The van der Waals surface area contributed by atoms with E-state index < -0.39 is 6.67 Å². The van der Waals surface area contributed by atoms with Gasteiger partial charge in [-0.15, -0.1) is 0 Å². The van der Waals surface area contributed by atoms with Gasteiger partial charge in [-0.2, -0.15) is 10.2 Å². The monoisotopic (exact) mass is 502 g/mol. The van der Waals surface area contributed by atoms with Crippen molar-refractivity contribution >= 4 is 23.1 Å². The van der Waals surface area contributed by atoms with Crippen molar-refractivity contribution < 1.29 is 9.18 Å². The van der Waals surface area contributed by atoms with Gasteiger partial charge in [0.2, 0.25) is 0 Å². The summed E-state index contributed by atoms with van der Waals surface area (Å²) in [6.45, 7) is 7.48. The molecule has 4 rings (SSSR count). The van der Waals surface area contributed by atoms with Crippen molar-refractivity contribution in [3.05, 3.63) is 87.3 Å². The molecule has 9 heteroatoms.